The predicted octanol–water partition coefficient (Wildman–Crippen LogP) is 4.90. The van der Waals surface area contributed by atoms with E-state index in [9.17, 15) is 26.7 Å². The van der Waals surface area contributed by atoms with Gasteiger partial charge >= 0.3 is 6.18 Å². The SMILES string of the molecule is CCc1cc(N2C[C@H]3C[C@@H]2CN3CCO)ccc1Nc1ncc(C(F)(F)F)c(-c2cc3c(s2)CCCCS3(=O)=O)n1. The van der Waals surface area contributed by atoms with E-state index in [0.29, 0.717) is 54.9 Å². The molecule has 2 atom stereocenters. The Labute approximate surface area is 241 Å². The van der Waals surface area contributed by atoms with E-state index in [4.69, 9.17) is 0 Å². The topological polar surface area (TPSA) is 98.7 Å². The Morgan fingerprint density at radius 3 is 2.71 bits per heavy atom. The van der Waals surface area contributed by atoms with Crippen molar-refractivity contribution in [2.45, 2.75) is 62.2 Å². The minimum atomic E-state index is -4.70. The van der Waals surface area contributed by atoms with E-state index in [1.165, 1.54) is 6.07 Å². The molecule has 2 bridgehead atoms. The molecule has 220 valence electrons. The number of aliphatic hydroxyl groups is 1. The summed E-state index contributed by atoms with van der Waals surface area (Å²) in [5, 5.41) is 12.4. The van der Waals surface area contributed by atoms with Crippen LogP contribution >= 0.6 is 11.3 Å². The van der Waals surface area contributed by atoms with Crippen molar-refractivity contribution in [1.82, 2.24) is 14.9 Å². The Bertz CT molecular complexity index is 1560. The number of anilines is 3. The maximum Gasteiger partial charge on any atom is 0.420 e. The summed E-state index contributed by atoms with van der Waals surface area (Å²) in [5.41, 5.74) is 1.47. The molecule has 8 nitrogen and oxygen atoms in total. The molecule has 1 aromatic carbocycles. The first-order valence-corrected chi connectivity index (χ1v) is 16.4. The number of β-amino-alcohol motifs (C(OH)–C–C–N with tert-alkyl or cyclic N) is 1. The second-order valence-electron chi connectivity index (χ2n) is 10.9. The van der Waals surface area contributed by atoms with Crippen molar-refractivity contribution >= 4 is 38.5 Å². The molecule has 0 radical (unpaired) electrons. The number of benzene rings is 1. The molecule has 3 aliphatic rings. The summed E-state index contributed by atoms with van der Waals surface area (Å²) in [4.78, 5) is 13.9. The third-order valence-corrected chi connectivity index (χ3v) is 11.5. The minimum Gasteiger partial charge on any atom is -0.395 e. The first kappa shape index (κ1) is 28.4. The van der Waals surface area contributed by atoms with Gasteiger partial charge in [0.25, 0.3) is 0 Å². The highest BCUT2D eigenvalue weighted by atomic mass is 32.2. The number of aryl methyl sites for hydroxylation is 2. The summed E-state index contributed by atoms with van der Waals surface area (Å²) in [6.45, 7) is 4.68. The fraction of sp³-hybridized carbons (Fsp3) is 0.500. The number of piperazine rings is 1. The van der Waals surface area contributed by atoms with E-state index in [0.717, 1.165) is 48.3 Å². The molecule has 3 aliphatic heterocycles. The van der Waals surface area contributed by atoms with Crippen LogP contribution in [0.1, 0.15) is 42.2 Å². The van der Waals surface area contributed by atoms with Crippen molar-refractivity contribution in [1.29, 1.82) is 0 Å². The van der Waals surface area contributed by atoms with Gasteiger partial charge in [-0.1, -0.05) is 6.92 Å². The van der Waals surface area contributed by atoms with Crippen LogP contribution in [0.4, 0.5) is 30.5 Å². The summed E-state index contributed by atoms with van der Waals surface area (Å²) in [7, 11) is -3.55. The van der Waals surface area contributed by atoms with Crippen LogP contribution in [0.2, 0.25) is 0 Å². The normalized spacial score (nSPS) is 22.1. The molecule has 0 amide bonds. The number of aliphatic hydroxyl groups excluding tert-OH is 1. The largest absolute Gasteiger partial charge is 0.420 e. The highest BCUT2D eigenvalue weighted by molar-refractivity contribution is 7.91. The zero-order chi connectivity index (χ0) is 28.9. The van der Waals surface area contributed by atoms with Gasteiger partial charge in [-0.2, -0.15) is 13.2 Å². The molecule has 6 rings (SSSR count). The van der Waals surface area contributed by atoms with Gasteiger partial charge in [-0.15, -0.1) is 11.3 Å². The fourth-order valence-corrected chi connectivity index (χ4v) is 9.48. The van der Waals surface area contributed by atoms with E-state index >= 15 is 0 Å². The first-order chi connectivity index (χ1) is 19.6. The van der Waals surface area contributed by atoms with Crippen molar-refractivity contribution in [3.8, 4) is 10.6 Å². The van der Waals surface area contributed by atoms with Gasteiger partial charge in [-0.05, 0) is 61.9 Å². The van der Waals surface area contributed by atoms with Gasteiger partial charge in [-0.3, -0.25) is 4.90 Å². The highest BCUT2D eigenvalue weighted by Gasteiger charge is 2.43. The van der Waals surface area contributed by atoms with Crippen molar-refractivity contribution in [3.63, 3.8) is 0 Å². The number of thiophene rings is 1. The Balaban J connectivity index is 1.30. The van der Waals surface area contributed by atoms with E-state index in [2.05, 4.69) is 31.2 Å². The van der Waals surface area contributed by atoms with Gasteiger partial charge in [-0.25, -0.2) is 18.4 Å². The average molecular weight is 608 g/mol. The number of hydrogen-bond donors (Lipinski definition) is 2. The Kier molecular flexibility index (Phi) is 7.50. The molecule has 0 aliphatic carbocycles. The molecule has 5 heterocycles. The van der Waals surface area contributed by atoms with Crippen molar-refractivity contribution in [2.24, 2.45) is 0 Å². The smallest absolute Gasteiger partial charge is 0.395 e. The number of sulfone groups is 1. The lowest BCUT2D eigenvalue weighted by Crippen LogP contribution is -2.47. The number of hydrogen-bond acceptors (Lipinski definition) is 9. The Morgan fingerprint density at radius 2 is 2.00 bits per heavy atom. The average Bonchev–Trinajstić information content (AvgIpc) is 3.64. The molecule has 0 unspecified atom stereocenters. The van der Waals surface area contributed by atoms with E-state index in [1.54, 1.807) is 0 Å². The van der Waals surface area contributed by atoms with Crippen molar-refractivity contribution in [3.05, 3.63) is 46.5 Å². The third kappa shape index (κ3) is 5.44. The summed E-state index contributed by atoms with van der Waals surface area (Å²) < 4.78 is 67.5. The number of nitrogens with zero attached hydrogens (tertiary/aromatic N) is 4. The Morgan fingerprint density at radius 1 is 1.17 bits per heavy atom. The molecule has 2 aromatic heterocycles. The van der Waals surface area contributed by atoms with Gasteiger partial charge in [0.2, 0.25) is 5.95 Å². The first-order valence-electron chi connectivity index (χ1n) is 13.9. The van der Waals surface area contributed by atoms with Crippen LogP contribution in [0, 0.1) is 0 Å². The van der Waals surface area contributed by atoms with Gasteiger partial charge in [0.05, 0.1) is 27.8 Å². The lowest BCUT2D eigenvalue weighted by atomic mass is 10.1. The molecule has 0 saturated carbocycles. The second kappa shape index (κ2) is 10.8. The van der Waals surface area contributed by atoms with Gasteiger partial charge in [0.15, 0.2) is 9.84 Å². The number of likely N-dealkylation sites (tertiary alicyclic amines) is 1. The highest BCUT2D eigenvalue weighted by Crippen LogP contribution is 2.43. The van der Waals surface area contributed by atoms with Gasteiger partial charge in [0, 0.05) is 54.2 Å². The van der Waals surface area contributed by atoms with Crippen molar-refractivity contribution in [2.75, 3.05) is 42.2 Å². The van der Waals surface area contributed by atoms with E-state index in [1.807, 2.05) is 19.1 Å². The maximum absolute atomic E-state index is 14.0. The number of alkyl halides is 3. The van der Waals surface area contributed by atoms with Crippen LogP contribution < -0.4 is 10.2 Å². The zero-order valence-corrected chi connectivity index (χ0v) is 24.2. The van der Waals surface area contributed by atoms with Crippen LogP contribution in [0.25, 0.3) is 10.6 Å². The molecule has 41 heavy (non-hydrogen) atoms. The fourth-order valence-electron chi connectivity index (χ4n) is 6.25. The number of aromatic nitrogens is 2. The Hall–Kier alpha value is -2.74. The van der Waals surface area contributed by atoms with Crippen LogP contribution in [0.3, 0.4) is 0 Å². The van der Waals surface area contributed by atoms with Crippen LogP contribution in [0.15, 0.2) is 35.4 Å². The number of halogens is 3. The van der Waals surface area contributed by atoms with Crippen LogP contribution in [-0.4, -0.2) is 72.5 Å². The standard InChI is InChI=1S/C28H32F3N5O3S2/c1-2-17-11-18(36-16-19-12-20(36)15-35(19)8-9-37)6-7-22(17)33-27-32-14-21(28(29,30)31)26(34-27)24-13-25-23(40-24)5-3-4-10-41(25,38)39/h6-7,11,13-14,19-20,37H,2-5,8-10,12,15-16H2,1H3,(H,32,33,34)/t19-,20-/m1/s1. The summed E-state index contributed by atoms with van der Waals surface area (Å²) >= 11 is 1.06. The van der Waals surface area contributed by atoms with E-state index < -0.39 is 21.6 Å². The molecule has 0 spiro atoms. The van der Waals surface area contributed by atoms with Crippen molar-refractivity contribution < 1.29 is 26.7 Å². The summed E-state index contributed by atoms with van der Waals surface area (Å²) in [6.07, 6.45) is -0.454. The van der Waals surface area contributed by atoms with Gasteiger partial charge < -0.3 is 15.3 Å². The molecule has 2 saturated heterocycles. The monoisotopic (exact) mass is 607 g/mol. The number of nitrogens with one attached hydrogen (secondary N) is 1. The lowest BCUT2D eigenvalue weighted by Gasteiger charge is -2.35. The number of fused-ring (bicyclic) bond motifs is 3. The second-order valence-corrected chi connectivity index (χ2v) is 14.1. The van der Waals surface area contributed by atoms with Gasteiger partial charge in [0.1, 0.15) is 5.56 Å². The molecular formula is C28H32F3N5O3S2. The molecule has 13 heteroatoms. The quantitative estimate of drug-likeness (QED) is 0.392. The molecule has 3 aromatic rings. The molecule has 2 fully saturated rings. The van der Waals surface area contributed by atoms with Crippen LogP contribution in [0.5, 0.6) is 0 Å². The summed E-state index contributed by atoms with van der Waals surface area (Å²) in [6, 6.07) is 8.18. The summed E-state index contributed by atoms with van der Waals surface area (Å²) in [5.74, 6) is 0.01000. The van der Waals surface area contributed by atoms with Crippen LogP contribution in [-0.2, 0) is 28.9 Å². The zero-order valence-electron chi connectivity index (χ0n) is 22.6. The number of rotatable bonds is 7. The minimum absolute atomic E-state index is 0.00554. The third-order valence-electron chi connectivity index (χ3n) is 8.29. The van der Waals surface area contributed by atoms with E-state index in [-0.39, 0.29) is 33.8 Å². The maximum atomic E-state index is 14.0. The molecule has 2 N–H and O–H groups in total. The molecular weight excluding hydrogens is 575 g/mol. The predicted molar refractivity (Wildman–Crippen MR) is 153 cm³/mol. The lowest BCUT2D eigenvalue weighted by molar-refractivity contribution is -0.137.